The van der Waals surface area contributed by atoms with Crippen LogP contribution < -0.4 is 10.2 Å². The Kier molecular flexibility index (Phi) is 4.59. The minimum absolute atomic E-state index is 0.0830. The predicted octanol–water partition coefficient (Wildman–Crippen LogP) is 2.18. The summed E-state index contributed by atoms with van der Waals surface area (Å²) in [5.74, 6) is -1.49. The first-order chi connectivity index (χ1) is 9.92. The number of carboxylic acids is 1. The summed E-state index contributed by atoms with van der Waals surface area (Å²) in [5.41, 5.74) is 0.790. The topological polar surface area (TPSA) is 88.4 Å². The summed E-state index contributed by atoms with van der Waals surface area (Å²) in [5, 5.41) is 13.7. The Hall–Kier alpha value is -1.93. The molecule has 2 heterocycles. The van der Waals surface area contributed by atoms with Gasteiger partial charge in [0.2, 0.25) is 5.91 Å². The molecule has 0 fully saturated rings. The maximum atomic E-state index is 12.0. The van der Waals surface area contributed by atoms with E-state index in [9.17, 15) is 14.4 Å². The maximum Gasteiger partial charge on any atom is 0.338 e. The highest BCUT2D eigenvalue weighted by Gasteiger charge is 2.17. The summed E-state index contributed by atoms with van der Waals surface area (Å²) in [4.78, 5) is 35.4. The van der Waals surface area contributed by atoms with Crippen LogP contribution in [0.3, 0.4) is 0 Å². The maximum absolute atomic E-state index is 12.0. The average Bonchev–Trinajstić information content (AvgIpc) is 2.97. The summed E-state index contributed by atoms with van der Waals surface area (Å²) in [7, 11) is 0. The van der Waals surface area contributed by atoms with E-state index in [1.165, 1.54) is 15.9 Å². The fourth-order valence-electron chi connectivity index (χ4n) is 1.77. The van der Waals surface area contributed by atoms with Gasteiger partial charge >= 0.3 is 10.8 Å². The van der Waals surface area contributed by atoms with Crippen molar-refractivity contribution < 1.29 is 14.7 Å². The van der Waals surface area contributed by atoms with Crippen molar-refractivity contribution >= 4 is 39.6 Å². The Bertz CT molecular complexity index is 742. The number of carbonyl (C=O) groups excluding carboxylic acids is 1. The van der Waals surface area contributed by atoms with Gasteiger partial charge in [0.15, 0.2) is 0 Å². The van der Waals surface area contributed by atoms with E-state index in [1.54, 1.807) is 18.4 Å². The lowest BCUT2D eigenvalue weighted by Crippen LogP contribution is -2.25. The number of aryl methyl sites for hydroxylation is 2. The molecule has 0 spiro atoms. The quantitative estimate of drug-likeness (QED) is 0.881. The molecule has 0 aliphatic carbocycles. The number of thiazole rings is 1. The van der Waals surface area contributed by atoms with E-state index >= 15 is 0 Å². The zero-order valence-electron chi connectivity index (χ0n) is 11.5. The van der Waals surface area contributed by atoms with Crippen molar-refractivity contribution in [2.75, 3.05) is 5.32 Å². The van der Waals surface area contributed by atoms with Gasteiger partial charge in [-0.1, -0.05) is 18.3 Å². The van der Waals surface area contributed by atoms with E-state index in [-0.39, 0.29) is 17.0 Å². The third kappa shape index (κ3) is 3.40. The number of aromatic carboxylic acids is 1. The van der Waals surface area contributed by atoms with Gasteiger partial charge in [-0.15, -0.1) is 11.3 Å². The van der Waals surface area contributed by atoms with Crippen LogP contribution in [0.4, 0.5) is 5.00 Å². The molecule has 2 aromatic rings. The van der Waals surface area contributed by atoms with Crippen molar-refractivity contribution in [3.8, 4) is 0 Å². The van der Waals surface area contributed by atoms with Gasteiger partial charge in [-0.2, -0.15) is 0 Å². The molecule has 1 amide bonds. The number of anilines is 1. The van der Waals surface area contributed by atoms with Gasteiger partial charge in [0.1, 0.15) is 11.5 Å². The Morgan fingerprint density at radius 1 is 1.43 bits per heavy atom. The molecule has 8 heteroatoms. The normalized spacial score (nSPS) is 10.6. The zero-order chi connectivity index (χ0) is 15.6. The molecule has 0 aliphatic rings. The fourth-order valence-corrected chi connectivity index (χ4v) is 3.51. The first-order valence-corrected chi connectivity index (χ1v) is 7.92. The number of amides is 1. The molecule has 2 aromatic heterocycles. The fraction of sp³-hybridized carbons (Fsp3) is 0.308. The molecule has 2 N–H and O–H groups in total. The Balaban J connectivity index is 2.18. The third-order valence-corrected chi connectivity index (χ3v) is 4.97. The molecular weight excluding hydrogens is 312 g/mol. The smallest absolute Gasteiger partial charge is 0.338 e. The molecule has 0 bridgehead atoms. The molecule has 0 unspecified atom stereocenters. The number of hydrogen-bond donors (Lipinski definition) is 2. The third-order valence-electron chi connectivity index (χ3n) is 2.89. The number of rotatable bonds is 5. The second-order valence-electron chi connectivity index (χ2n) is 4.39. The van der Waals surface area contributed by atoms with Gasteiger partial charge in [0.05, 0.1) is 5.56 Å². The number of hydrogen-bond acceptors (Lipinski definition) is 5. The Morgan fingerprint density at radius 2 is 2.14 bits per heavy atom. The van der Waals surface area contributed by atoms with Crippen molar-refractivity contribution in [2.45, 2.75) is 26.8 Å². The molecule has 0 aliphatic heterocycles. The van der Waals surface area contributed by atoms with Crippen LogP contribution in [0, 0.1) is 6.92 Å². The largest absolute Gasteiger partial charge is 0.478 e. The van der Waals surface area contributed by atoms with Crippen LogP contribution in [-0.4, -0.2) is 21.6 Å². The predicted molar refractivity (Wildman–Crippen MR) is 82.6 cm³/mol. The highest BCUT2D eigenvalue weighted by Crippen LogP contribution is 2.28. The standard InChI is InChI=1S/C13H14N2O4S2/c1-3-8-4-9(12(17)18)11(21-8)14-10(16)5-15-7(2)6-20-13(15)19/h4,6H,3,5H2,1-2H3,(H,14,16)(H,17,18). The van der Waals surface area contributed by atoms with Gasteiger partial charge in [-0.3, -0.25) is 14.2 Å². The number of nitrogens with zero attached hydrogens (tertiary/aromatic N) is 1. The van der Waals surface area contributed by atoms with Crippen molar-refractivity contribution in [2.24, 2.45) is 0 Å². The molecule has 0 saturated heterocycles. The lowest BCUT2D eigenvalue weighted by atomic mass is 10.2. The summed E-state index contributed by atoms with van der Waals surface area (Å²) in [6, 6.07) is 1.56. The van der Waals surface area contributed by atoms with Crippen LogP contribution in [0.2, 0.25) is 0 Å². The number of carbonyl (C=O) groups is 2. The molecule has 0 radical (unpaired) electrons. The minimum Gasteiger partial charge on any atom is -0.478 e. The lowest BCUT2D eigenvalue weighted by Gasteiger charge is -2.06. The van der Waals surface area contributed by atoms with Gasteiger partial charge < -0.3 is 10.4 Å². The minimum atomic E-state index is -1.08. The molecule has 0 saturated carbocycles. The number of thiophene rings is 1. The highest BCUT2D eigenvalue weighted by molar-refractivity contribution is 7.16. The first kappa shape index (κ1) is 15.5. The zero-order valence-corrected chi connectivity index (χ0v) is 13.1. The number of aromatic nitrogens is 1. The van der Waals surface area contributed by atoms with E-state index in [1.807, 2.05) is 6.92 Å². The molecule has 0 aromatic carbocycles. The van der Waals surface area contributed by atoms with E-state index in [4.69, 9.17) is 5.11 Å². The summed E-state index contributed by atoms with van der Waals surface area (Å²) < 4.78 is 1.36. The van der Waals surface area contributed by atoms with E-state index in [2.05, 4.69) is 5.32 Å². The van der Waals surface area contributed by atoms with E-state index in [0.717, 1.165) is 16.2 Å². The van der Waals surface area contributed by atoms with Crippen molar-refractivity contribution in [1.29, 1.82) is 0 Å². The molecule has 0 atom stereocenters. The molecule has 21 heavy (non-hydrogen) atoms. The molecule has 2 rings (SSSR count). The summed E-state index contributed by atoms with van der Waals surface area (Å²) >= 11 is 2.27. The average molecular weight is 326 g/mol. The number of nitrogens with one attached hydrogen (secondary N) is 1. The second-order valence-corrected chi connectivity index (χ2v) is 6.35. The molecule has 112 valence electrons. The summed E-state index contributed by atoms with van der Waals surface area (Å²) in [6.45, 7) is 3.54. The SMILES string of the molecule is CCc1cc(C(=O)O)c(NC(=O)Cn2c(C)csc2=O)s1. The van der Waals surface area contributed by atoms with Crippen molar-refractivity contribution in [3.63, 3.8) is 0 Å². The second kappa shape index (κ2) is 6.23. The van der Waals surface area contributed by atoms with Crippen LogP contribution in [-0.2, 0) is 17.8 Å². The van der Waals surface area contributed by atoms with Crippen LogP contribution >= 0.6 is 22.7 Å². The Morgan fingerprint density at radius 3 is 2.67 bits per heavy atom. The lowest BCUT2D eigenvalue weighted by molar-refractivity contribution is -0.116. The number of carboxylic acid groups (broad SMARTS) is 1. The van der Waals surface area contributed by atoms with Gasteiger partial charge in [-0.05, 0) is 19.4 Å². The van der Waals surface area contributed by atoms with Crippen molar-refractivity contribution in [1.82, 2.24) is 4.57 Å². The summed E-state index contributed by atoms with van der Waals surface area (Å²) in [6.07, 6.45) is 0.698. The van der Waals surface area contributed by atoms with Gasteiger partial charge in [0, 0.05) is 16.0 Å². The first-order valence-electron chi connectivity index (χ1n) is 6.23. The van der Waals surface area contributed by atoms with Crippen LogP contribution in [0.25, 0.3) is 0 Å². The Labute approximate surface area is 128 Å². The van der Waals surface area contributed by atoms with Crippen LogP contribution in [0.15, 0.2) is 16.2 Å². The highest BCUT2D eigenvalue weighted by atomic mass is 32.1. The van der Waals surface area contributed by atoms with Crippen LogP contribution in [0.5, 0.6) is 0 Å². The monoisotopic (exact) mass is 326 g/mol. The van der Waals surface area contributed by atoms with Crippen molar-refractivity contribution in [3.05, 3.63) is 37.2 Å². The van der Waals surface area contributed by atoms with Crippen LogP contribution in [0.1, 0.15) is 27.9 Å². The van der Waals surface area contributed by atoms with Gasteiger partial charge in [0.25, 0.3) is 0 Å². The molecule has 6 nitrogen and oxygen atoms in total. The molecular formula is C13H14N2O4S2. The van der Waals surface area contributed by atoms with E-state index < -0.39 is 11.9 Å². The van der Waals surface area contributed by atoms with Gasteiger partial charge in [-0.25, -0.2) is 4.79 Å². The van der Waals surface area contributed by atoms with E-state index in [0.29, 0.717) is 17.1 Å².